The van der Waals surface area contributed by atoms with E-state index in [9.17, 15) is 4.79 Å². The molecule has 5 rings (SSSR count). The fourth-order valence-corrected chi connectivity index (χ4v) is 4.21. The van der Waals surface area contributed by atoms with Gasteiger partial charge in [0.2, 0.25) is 5.89 Å². The highest BCUT2D eigenvalue weighted by Crippen LogP contribution is 2.42. The van der Waals surface area contributed by atoms with Crippen LogP contribution in [0.15, 0.2) is 46.2 Å². The van der Waals surface area contributed by atoms with Gasteiger partial charge in [0, 0.05) is 18.0 Å². The summed E-state index contributed by atoms with van der Waals surface area (Å²) in [7, 11) is 1.77. The van der Waals surface area contributed by atoms with Crippen LogP contribution < -0.4 is 5.56 Å². The first-order valence-corrected chi connectivity index (χ1v) is 9.90. The van der Waals surface area contributed by atoms with E-state index in [0.717, 1.165) is 24.3 Å². The maximum atomic E-state index is 12.7. The van der Waals surface area contributed by atoms with Gasteiger partial charge < -0.3 is 9.09 Å². The second-order valence-corrected chi connectivity index (χ2v) is 7.95. The minimum atomic E-state index is -0.182. The van der Waals surface area contributed by atoms with Gasteiger partial charge in [-0.15, -0.1) is 0 Å². The number of hydrogen-bond acceptors (Lipinski definition) is 6. The van der Waals surface area contributed by atoms with Gasteiger partial charge in [-0.25, -0.2) is 9.97 Å². The van der Waals surface area contributed by atoms with E-state index in [0.29, 0.717) is 28.8 Å². The van der Waals surface area contributed by atoms with E-state index >= 15 is 0 Å². The Morgan fingerprint density at radius 2 is 1.90 bits per heavy atom. The molecule has 2 atom stereocenters. The van der Waals surface area contributed by atoms with Gasteiger partial charge in [0.15, 0.2) is 17.0 Å². The van der Waals surface area contributed by atoms with Crippen molar-refractivity contribution >= 4 is 22.8 Å². The molecule has 0 bridgehead atoms. The van der Waals surface area contributed by atoms with Crippen LogP contribution >= 0.6 is 11.6 Å². The zero-order valence-corrected chi connectivity index (χ0v) is 16.6. The van der Waals surface area contributed by atoms with Crippen molar-refractivity contribution in [3.05, 3.63) is 69.6 Å². The van der Waals surface area contributed by atoms with Crippen molar-refractivity contribution in [2.45, 2.75) is 37.6 Å². The number of nitrogens with zero attached hydrogens (tertiary/aromatic N) is 6. The Hall–Kier alpha value is -3.00. The summed E-state index contributed by atoms with van der Waals surface area (Å²) in [6.45, 7) is 0.188. The molecule has 9 heteroatoms. The lowest BCUT2D eigenvalue weighted by atomic mass is 9.96. The van der Waals surface area contributed by atoms with Crippen LogP contribution in [0.1, 0.15) is 48.4 Å². The van der Waals surface area contributed by atoms with E-state index in [-0.39, 0.29) is 18.0 Å². The Balaban J connectivity index is 1.32. The number of hydrogen-bond donors (Lipinski definition) is 0. The fraction of sp³-hybridized carbons (Fsp3) is 0.350. The van der Waals surface area contributed by atoms with Crippen LogP contribution in [0.25, 0.3) is 11.2 Å². The molecule has 1 aliphatic carbocycles. The number of rotatable bonds is 4. The summed E-state index contributed by atoms with van der Waals surface area (Å²) in [5, 5.41) is 4.93. The molecule has 0 aliphatic heterocycles. The van der Waals surface area contributed by atoms with Crippen molar-refractivity contribution in [1.29, 1.82) is 0 Å². The minimum Gasteiger partial charge on any atom is -0.337 e. The van der Waals surface area contributed by atoms with Gasteiger partial charge >= 0.3 is 0 Å². The number of benzene rings is 1. The van der Waals surface area contributed by atoms with Crippen molar-refractivity contribution in [2.75, 3.05) is 0 Å². The van der Waals surface area contributed by atoms with E-state index in [2.05, 4.69) is 32.2 Å². The van der Waals surface area contributed by atoms with Crippen LogP contribution in [0.2, 0.25) is 5.02 Å². The first kappa shape index (κ1) is 18.1. The molecule has 0 amide bonds. The molecule has 8 nitrogen and oxygen atoms in total. The summed E-state index contributed by atoms with van der Waals surface area (Å²) < 4.78 is 8.56. The van der Waals surface area contributed by atoms with Crippen LogP contribution in [0, 0.1) is 0 Å². The molecule has 1 aliphatic rings. The second-order valence-electron chi connectivity index (χ2n) is 7.51. The van der Waals surface area contributed by atoms with Crippen molar-refractivity contribution in [3.8, 4) is 0 Å². The minimum absolute atomic E-state index is 0.182. The van der Waals surface area contributed by atoms with Crippen molar-refractivity contribution in [1.82, 2.24) is 29.2 Å². The van der Waals surface area contributed by atoms with E-state index < -0.39 is 0 Å². The number of aromatic nitrogens is 6. The summed E-state index contributed by atoms with van der Waals surface area (Å²) in [6.07, 6.45) is 6.10. The normalized spacial score (nSPS) is 19.2. The molecule has 2 unspecified atom stereocenters. The monoisotopic (exact) mass is 410 g/mol. The van der Waals surface area contributed by atoms with Crippen LogP contribution in [0.4, 0.5) is 0 Å². The first-order valence-electron chi connectivity index (χ1n) is 9.53. The van der Waals surface area contributed by atoms with Crippen LogP contribution in [0.3, 0.4) is 0 Å². The summed E-state index contributed by atoms with van der Waals surface area (Å²) in [5.41, 5.74) is 1.99. The Kier molecular flexibility index (Phi) is 4.43. The first-order chi connectivity index (χ1) is 14.1. The number of fused-ring (bicyclic) bond motifs is 1. The Bertz CT molecular complexity index is 1230. The molecular weight excluding hydrogens is 392 g/mol. The largest absolute Gasteiger partial charge is 0.337 e. The molecule has 0 N–H and O–H groups in total. The molecule has 1 fully saturated rings. The molecule has 29 heavy (non-hydrogen) atoms. The molecule has 0 saturated heterocycles. The molecule has 4 aromatic rings. The highest BCUT2D eigenvalue weighted by molar-refractivity contribution is 6.30. The third-order valence-electron chi connectivity index (χ3n) is 5.63. The average Bonchev–Trinajstić information content (AvgIpc) is 3.45. The maximum Gasteiger partial charge on any atom is 0.280 e. The molecular formula is C20H19ClN6O2. The molecule has 0 radical (unpaired) electrons. The second kappa shape index (κ2) is 7.11. The SMILES string of the molecule is Cn1cnc2ncn(Cc3nc(C4CCC(c5ccc(Cl)cc5)C4)no3)c(=O)c21. The smallest absolute Gasteiger partial charge is 0.280 e. The highest BCUT2D eigenvalue weighted by atomic mass is 35.5. The van der Waals surface area contributed by atoms with E-state index in [1.54, 1.807) is 17.9 Å². The third-order valence-corrected chi connectivity index (χ3v) is 5.88. The molecule has 1 aromatic carbocycles. The van der Waals surface area contributed by atoms with Crippen molar-refractivity contribution in [3.63, 3.8) is 0 Å². The van der Waals surface area contributed by atoms with Gasteiger partial charge in [-0.05, 0) is 42.9 Å². The number of imidazole rings is 1. The lowest BCUT2D eigenvalue weighted by Gasteiger charge is -2.09. The van der Waals surface area contributed by atoms with Gasteiger partial charge in [-0.3, -0.25) is 9.36 Å². The maximum absolute atomic E-state index is 12.7. The molecule has 148 valence electrons. The Morgan fingerprint density at radius 3 is 2.72 bits per heavy atom. The van der Waals surface area contributed by atoms with Crippen LogP contribution in [-0.4, -0.2) is 29.2 Å². The van der Waals surface area contributed by atoms with Crippen LogP contribution in [0.5, 0.6) is 0 Å². The lowest BCUT2D eigenvalue weighted by Crippen LogP contribution is -2.22. The van der Waals surface area contributed by atoms with Crippen molar-refractivity contribution < 1.29 is 4.52 Å². The summed E-state index contributed by atoms with van der Waals surface area (Å²) in [6, 6.07) is 8.04. The van der Waals surface area contributed by atoms with Gasteiger partial charge in [0.1, 0.15) is 12.9 Å². The van der Waals surface area contributed by atoms with Gasteiger partial charge in [-0.1, -0.05) is 28.9 Å². The van der Waals surface area contributed by atoms with Gasteiger partial charge in [-0.2, -0.15) is 4.98 Å². The number of aryl methyl sites for hydroxylation is 1. The van der Waals surface area contributed by atoms with Crippen molar-refractivity contribution in [2.24, 2.45) is 7.05 Å². The topological polar surface area (TPSA) is 91.6 Å². The van der Waals surface area contributed by atoms with Crippen LogP contribution in [-0.2, 0) is 13.6 Å². The Morgan fingerprint density at radius 1 is 1.14 bits per heavy atom. The van der Waals surface area contributed by atoms with Gasteiger partial charge in [0.05, 0.1) is 6.33 Å². The summed E-state index contributed by atoms with van der Waals surface area (Å²) in [4.78, 5) is 25.5. The molecule has 3 aromatic heterocycles. The summed E-state index contributed by atoms with van der Waals surface area (Å²) in [5.74, 6) is 1.83. The van der Waals surface area contributed by atoms with E-state index in [4.69, 9.17) is 16.1 Å². The fourth-order valence-electron chi connectivity index (χ4n) is 4.08. The average molecular weight is 411 g/mol. The lowest BCUT2D eigenvalue weighted by molar-refractivity contribution is 0.361. The van der Waals surface area contributed by atoms with Gasteiger partial charge in [0.25, 0.3) is 5.56 Å². The zero-order chi connectivity index (χ0) is 20.0. The predicted molar refractivity (Wildman–Crippen MR) is 107 cm³/mol. The third kappa shape index (κ3) is 3.33. The highest BCUT2D eigenvalue weighted by Gasteiger charge is 2.30. The Labute approximate surface area is 171 Å². The molecule has 3 heterocycles. The van der Waals surface area contributed by atoms with E-state index in [1.165, 1.54) is 16.5 Å². The quantitative estimate of drug-likeness (QED) is 0.512. The number of halogens is 1. The standard InChI is InChI=1S/C20H19ClN6O2/c1-26-10-22-19-17(26)20(28)27(11-23-19)9-16-24-18(25-29-16)14-3-2-13(8-14)12-4-6-15(21)7-5-12/h4-7,10-11,13-14H,2-3,8-9H2,1H3. The molecule has 0 spiro atoms. The predicted octanol–water partition coefficient (Wildman–Crippen LogP) is 3.27. The summed E-state index contributed by atoms with van der Waals surface area (Å²) >= 11 is 5.99. The zero-order valence-electron chi connectivity index (χ0n) is 15.8. The molecule has 1 saturated carbocycles. The van der Waals surface area contributed by atoms with E-state index in [1.807, 2.05) is 12.1 Å².